The van der Waals surface area contributed by atoms with E-state index < -0.39 is 5.60 Å². The molecule has 0 radical (unpaired) electrons. The van der Waals surface area contributed by atoms with Crippen molar-refractivity contribution in [1.82, 2.24) is 0 Å². The zero-order chi connectivity index (χ0) is 13.2. The Kier molecular flexibility index (Phi) is 4.01. The van der Waals surface area contributed by atoms with Gasteiger partial charge in [-0.2, -0.15) is 0 Å². The highest BCUT2D eigenvalue weighted by atomic mass is 35.5. The lowest BCUT2D eigenvalue weighted by Gasteiger charge is -2.23. The Morgan fingerprint density at radius 2 is 1.82 bits per heavy atom. The van der Waals surface area contributed by atoms with Crippen LogP contribution in [0.5, 0.6) is 11.5 Å². The number of aliphatic hydroxyl groups is 1. The number of carbonyl (C=O) groups is 1. The number of methoxy groups -OCH3 is 2. The number of carbonyl (C=O) groups excluding carboxylic acids is 1. The van der Waals surface area contributed by atoms with Gasteiger partial charge in [0.1, 0.15) is 0 Å². The van der Waals surface area contributed by atoms with Gasteiger partial charge in [-0.1, -0.05) is 11.6 Å². The normalized spacial score (nSPS) is 11.2. The molecule has 94 valence electrons. The predicted molar refractivity (Wildman–Crippen MR) is 65.2 cm³/mol. The fourth-order valence-corrected chi connectivity index (χ4v) is 1.83. The van der Waals surface area contributed by atoms with Gasteiger partial charge in [0.2, 0.25) is 0 Å². The van der Waals surface area contributed by atoms with Crippen molar-refractivity contribution < 1.29 is 19.4 Å². The largest absolute Gasteiger partial charge is 0.492 e. The van der Waals surface area contributed by atoms with Gasteiger partial charge < -0.3 is 14.6 Å². The first-order valence-electron chi connectivity index (χ1n) is 4.99. The van der Waals surface area contributed by atoms with Crippen molar-refractivity contribution in [2.75, 3.05) is 14.2 Å². The van der Waals surface area contributed by atoms with Gasteiger partial charge in [-0.25, -0.2) is 0 Å². The van der Waals surface area contributed by atoms with Crippen LogP contribution in [0.15, 0.2) is 6.07 Å². The molecule has 0 saturated carbocycles. The Bertz CT molecular complexity index is 435. The molecule has 0 saturated heterocycles. The number of benzene rings is 1. The molecule has 17 heavy (non-hydrogen) atoms. The second kappa shape index (κ2) is 4.94. The maximum atomic E-state index is 11.0. The highest BCUT2D eigenvalue weighted by Gasteiger charge is 2.27. The van der Waals surface area contributed by atoms with Gasteiger partial charge >= 0.3 is 0 Å². The van der Waals surface area contributed by atoms with Crippen molar-refractivity contribution in [3.63, 3.8) is 0 Å². The van der Waals surface area contributed by atoms with Gasteiger partial charge in [0.05, 0.1) is 30.4 Å². The molecule has 0 aromatic heterocycles. The van der Waals surface area contributed by atoms with E-state index in [1.54, 1.807) is 13.8 Å². The third-order valence-electron chi connectivity index (χ3n) is 2.41. The minimum atomic E-state index is -1.15. The summed E-state index contributed by atoms with van der Waals surface area (Å²) in [6.07, 6.45) is 0.595. The fourth-order valence-electron chi connectivity index (χ4n) is 1.59. The van der Waals surface area contributed by atoms with Crippen molar-refractivity contribution in [3.05, 3.63) is 22.2 Å². The molecule has 1 rings (SSSR count). The average molecular weight is 259 g/mol. The molecular weight excluding hydrogens is 244 g/mol. The quantitative estimate of drug-likeness (QED) is 0.843. The average Bonchev–Trinajstić information content (AvgIpc) is 2.26. The highest BCUT2D eigenvalue weighted by Crippen LogP contribution is 2.42. The molecule has 4 nitrogen and oxygen atoms in total. The molecule has 0 unspecified atom stereocenters. The summed E-state index contributed by atoms with van der Waals surface area (Å²) in [5.41, 5.74) is -0.476. The second-order valence-corrected chi connectivity index (χ2v) is 4.47. The van der Waals surface area contributed by atoms with Crippen LogP contribution in [0, 0.1) is 0 Å². The highest BCUT2D eigenvalue weighted by molar-refractivity contribution is 6.33. The van der Waals surface area contributed by atoms with Gasteiger partial charge in [-0.3, -0.25) is 4.79 Å². The van der Waals surface area contributed by atoms with E-state index in [9.17, 15) is 9.90 Å². The molecule has 1 aromatic rings. The Morgan fingerprint density at radius 1 is 1.29 bits per heavy atom. The number of halogens is 1. The van der Waals surface area contributed by atoms with E-state index in [0.717, 1.165) is 0 Å². The molecule has 0 atom stereocenters. The second-order valence-electron chi connectivity index (χ2n) is 4.06. The number of rotatable bonds is 4. The van der Waals surface area contributed by atoms with Crippen LogP contribution < -0.4 is 9.47 Å². The van der Waals surface area contributed by atoms with Crippen molar-refractivity contribution in [2.45, 2.75) is 19.4 Å². The molecule has 0 aliphatic carbocycles. The van der Waals surface area contributed by atoms with E-state index >= 15 is 0 Å². The molecule has 0 aliphatic rings. The fraction of sp³-hybridized carbons (Fsp3) is 0.417. The van der Waals surface area contributed by atoms with E-state index in [2.05, 4.69) is 0 Å². The van der Waals surface area contributed by atoms with E-state index in [1.165, 1.54) is 20.3 Å². The van der Waals surface area contributed by atoms with Crippen LogP contribution in [0.25, 0.3) is 0 Å². The van der Waals surface area contributed by atoms with E-state index in [0.29, 0.717) is 17.6 Å². The lowest BCUT2D eigenvalue weighted by atomic mass is 9.95. The summed E-state index contributed by atoms with van der Waals surface area (Å²) in [4.78, 5) is 11.0. The molecule has 0 spiro atoms. The van der Waals surface area contributed by atoms with Gasteiger partial charge in [0.25, 0.3) is 0 Å². The molecule has 0 amide bonds. The molecule has 5 heteroatoms. The molecule has 0 aliphatic heterocycles. The SMILES string of the molecule is COc1c(C(C)(C)O)cc(Cl)c(C=O)c1OC. The van der Waals surface area contributed by atoms with Gasteiger partial charge in [-0.05, 0) is 19.9 Å². The molecule has 1 aromatic carbocycles. The summed E-state index contributed by atoms with van der Waals surface area (Å²) < 4.78 is 10.3. The number of aldehydes is 1. The summed E-state index contributed by atoms with van der Waals surface area (Å²) in [5, 5.41) is 10.2. The molecular formula is C12H15ClO4. The van der Waals surface area contributed by atoms with Crippen LogP contribution in [-0.4, -0.2) is 25.6 Å². The van der Waals surface area contributed by atoms with Crippen LogP contribution in [0.2, 0.25) is 5.02 Å². The number of ether oxygens (including phenoxy) is 2. The minimum absolute atomic E-state index is 0.207. The zero-order valence-electron chi connectivity index (χ0n) is 10.2. The maximum Gasteiger partial charge on any atom is 0.173 e. The van der Waals surface area contributed by atoms with Crippen LogP contribution in [0.4, 0.5) is 0 Å². The first-order chi connectivity index (χ1) is 7.86. The monoisotopic (exact) mass is 258 g/mol. The topological polar surface area (TPSA) is 55.8 Å². The van der Waals surface area contributed by atoms with Crippen molar-refractivity contribution in [1.29, 1.82) is 0 Å². The van der Waals surface area contributed by atoms with Crippen molar-refractivity contribution >= 4 is 17.9 Å². The van der Waals surface area contributed by atoms with Crippen molar-refractivity contribution in [3.8, 4) is 11.5 Å². The molecule has 1 N–H and O–H groups in total. The van der Waals surface area contributed by atoms with Gasteiger partial charge in [0, 0.05) is 5.56 Å². The summed E-state index contributed by atoms with van der Waals surface area (Å²) in [6, 6.07) is 1.51. The lowest BCUT2D eigenvalue weighted by Crippen LogP contribution is -2.18. The Morgan fingerprint density at radius 3 is 2.18 bits per heavy atom. The van der Waals surface area contributed by atoms with Crippen molar-refractivity contribution in [2.24, 2.45) is 0 Å². The molecule has 0 bridgehead atoms. The Balaban J connectivity index is 3.65. The summed E-state index contributed by atoms with van der Waals surface area (Å²) in [6.45, 7) is 3.20. The van der Waals surface area contributed by atoms with Crippen LogP contribution >= 0.6 is 11.6 Å². The van der Waals surface area contributed by atoms with Crippen LogP contribution in [0.3, 0.4) is 0 Å². The van der Waals surface area contributed by atoms with Crippen LogP contribution in [0.1, 0.15) is 29.8 Å². The predicted octanol–water partition coefficient (Wildman–Crippen LogP) is 2.40. The summed E-state index contributed by atoms with van der Waals surface area (Å²) in [5.74, 6) is 0.540. The minimum Gasteiger partial charge on any atom is -0.492 e. The third kappa shape index (κ3) is 2.53. The lowest BCUT2D eigenvalue weighted by molar-refractivity contribution is 0.0750. The van der Waals surface area contributed by atoms with Crippen LogP contribution in [-0.2, 0) is 5.60 Å². The zero-order valence-corrected chi connectivity index (χ0v) is 11.0. The molecule has 0 heterocycles. The van der Waals surface area contributed by atoms with Gasteiger partial charge in [0.15, 0.2) is 17.8 Å². The van der Waals surface area contributed by atoms with E-state index in [4.69, 9.17) is 21.1 Å². The smallest absolute Gasteiger partial charge is 0.173 e. The van der Waals surface area contributed by atoms with E-state index in [-0.39, 0.29) is 16.3 Å². The molecule has 0 fully saturated rings. The van der Waals surface area contributed by atoms with E-state index in [1.807, 2.05) is 0 Å². The maximum absolute atomic E-state index is 11.0. The first kappa shape index (κ1) is 13.8. The van der Waals surface area contributed by atoms with Gasteiger partial charge in [-0.15, -0.1) is 0 Å². The Hall–Kier alpha value is -1.26. The number of hydrogen-bond donors (Lipinski definition) is 1. The third-order valence-corrected chi connectivity index (χ3v) is 2.72. The summed E-state index contributed by atoms with van der Waals surface area (Å²) in [7, 11) is 2.85. The standard InChI is InChI=1S/C12H15ClO4/c1-12(2,15)8-5-9(13)7(6-14)10(16-3)11(8)17-4/h5-6,15H,1-4H3. The number of hydrogen-bond acceptors (Lipinski definition) is 4. The first-order valence-corrected chi connectivity index (χ1v) is 5.37. The Labute approximate surface area is 105 Å². The summed E-state index contributed by atoms with van der Waals surface area (Å²) >= 11 is 5.97.